The average Bonchev–Trinajstić information content (AvgIpc) is 3.25. The van der Waals surface area contributed by atoms with Crippen molar-refractivity contribution >= 4 is 11.6 Å². The predicted molar refractivity (Wildman–Crippen MR) is 99.4 cm³/mol. The van der Waals surface area contributed by atoms with Gasteiger partial charge in [-0.3, -0.25) is 4.79 Å². The Morgan fingerprint density at radius 2 is 2.08 bits per heavy atom. The lowest BCUT2D eigenvalue weighted by molar-refractivity contribution is -0.120. The summed E-state index contributed by atoms with van der Waals surface area (Å²) >= 11 is 0. The summed E-state index contributed by atoms with van der Waals surface area (Å²) < 4.78 is 11.0. The Morgan fingerprint density at radius 3 is 2.85 bits per heavy atom. The van der Waals surface area contributed by atoms with Crippen LogP contribution < -0.4 is 9.64 Å². The number of carbonyl (C=O) groups is 1. The van der Waals surface area contributed by atoms with Gasteiger partial charge >= 0.3 is 0 Å². The highest BCUT2D eigenvalue weighted by molar-refractivity contribution is 5.96. The molecule has 0 spiro atoms. The third-order valence-electron chi connectivity index (χ3n) is 4.54. The first-order chi connectivity index (χ1) is 12.6. The maximum Gasteiger partial charge on any atom is 0.264 e. The lowest BCUT2D eigenvalue weighted by Gasteiger charge is -2.18. The molecule has 2 heterocycles. The number of amides is 1. The Kier molecular flexibility index (Phi) is 4.21. The van der Waals surface area contributed by atoms with E-state index in [2.05, 4.69) is 11.2 Å². The number of fused-ring (bicyclic) bond motifs is 1. The lowest BCUT2D eigenvalue weighted by Crippen LogP contribution is -2.33. The molecule has 5 heteroatoms. The minimum atomic E-state index is -0.0338. The maximum atomic E-state index is 12.6. The van der Waals surface area contributed by atoms with Gasteiger partial charge in [-0.1, -0.05) is 17.3 Å². The molecule has 4 rings (SSSR count). The van der Waals surface area contributed by atoms with Gasteiger partial charge in [-0.2, -0.15) is 0 Å². The predicted octanol–water partition coefficient (Wildman–Crippen LogP) is 3.93. The van der Waals surface area contributed by atoms with Gasteiger partial charge in [0.05, 0.1) is 5.69 Å². The number of carbonyl (C=O) groups excluding carboxylic acids is 1. The molecule has 0 aliphatic carbocycles. The van der Waals surface area contributed by atoms with E-state index in [4.69, 9.17) is 9.26 Å². The minimum absolute atomic E-state index is 0.0337. The van der Waals surface area contributed by atoms with E-state index >= 15 is 0 Å². The number of aryl methyl sites for hydroxylation is 2. The molecule has 0 bridgehead atoms. The fraction of sp³-hybridized carbons (Fsp3) is 0.238. The number of aromatic nitrogens is 1. The third kappa shape index (κ3) is 3.20. The van der Waals surface area contributed by atoms with E-state index in [-0.39, 0.29) is 12.5 Å². The van der Waals surface area contributed by atoms with E-state index in [1.165, 1.54) is 0 Å². The summed E-state index contributed by atoms with van der Waals surface area (Å²) in [5.74, 6) is 1.43. The summed E-state index contributed by atoms with van der Waals surface area (Å²) in [4.78, 5) is 14.4. The van der Waals surface area contributed by atoms with E-state index in [1.807, 2.05) is 56.3 Å². The molecule has 0 N–H and O–H groups in total. The minimum Gasteiger partial charge on any atom is -0.484 e. The van der Waals surface area contributed by atoms with Crippen LogP contribution in [0.2, 0.25) is 0 Å². The molecule has 5 nitrogen and oxygen atoms in total. The van der Waals surface area contributed by atoms with Gasteiger partial charge in [-0.05, 0) is 61.7 Å². The summed E-state index contributed by atoms with van der Waals surface area (Å²) in [6.45, 7) is 4.60. The zero-order chi connectivity index (χ0) is 18.1. The third-order valence-corrected chi connectivity index (χ3v) is 4.54. The van der Waals surface area contributed by atoms with Crippen molar-refractivity contribution in [2.45, 2.75) is 20.3 Å². The van der Waals surface area contributed by atoms with Crippen LogP contribution in [-0.4, -0.2) is 24.2 Å². The summed E-state index contributed by atoms with van der Waals surface area (Å²) in [6.07, 6.45) is 0.826. The zero-order valence-corrected chi connectivity index (χ0v) is 14.9. The molecule has 1 amide bonds. The van der Waals surface area contributed by atoms with Crippen LogP contribution in [0.5, 0.6) is 5.75 Å². The van der Waals surface area contributed by atoms with Crippen LogP contribution >= 0.6 is 0 Å². The molecular formula is C21H20N2O3. The number of nitrogens with zero attached hydrogens (tertiary/aromatic N) is 2. The second-order valence-electron chi connectivity index (χ2n) is 6.58. The van der Waals surface area contributed by atoms with Gasteiger partial charge in [-0.25, -0.2) is 0 Å². The van der Waals surface area contributed by atoms with Crippen LogP contribution in [0, 0.1) is 13.8 Å². The molecule has 3 aromatic rings. The topological polar surface area (TPSA) is 55.6 Å². The zero-order valence-electron chi connectivity index (χ0n) is 14.9. The Balaban J connectivity index is 1.48. The Morgan fingerprint density at radius 1 is 1.19 bits per heavy atom. The number of rotatable bonds is 4. The summed E-state index contributed by atoms with van der Waals surface area (Å²) in [6, 6.07) is 15.6. The molecule has 1 aromatic heterocycles. The van der Waals surface area contributed by atoms with Gasteiger partial charge in [0.2, 0.25) is 0 Å². The molecule has 0 atom stereocenters. The van der Waals surface area contributed by atoms with Crippen molar-refractivity contribution in [3.8, 4) is 17.1 Å². The van der Waals surface area contributed by atoms with Crippen molar-refractivity contribution in [3.05, 3.63) is 65.4 Å². The number of ether oxygens (including phenoxy) is 1. The van der Waals surface area contributed by atoms with E-state index in [1.54, 1.807) is 4.90 Å². The van der Waals surface area contributed by atoms with Gasteiger partial charge < -0.3 is 14.2 Å². The average molecular weight is 348 g/mol. The number of hydrogen-bond acceptors (Lipinski definition) is 4. The van der Waals surface area contributed by atoms with E-state index in [0.29, 0.717) is 12.3 Å². The SMILES string of the molecule is Cc1cccc(OCC(=O)N2CCc3cc(-c4cc(C)no4)ccc32)c1. The quantitative estimate of drug-likeness (QED) is 0.717. The standard InChI is InChI=1S/C21H20N2O3/c1-14-4-3-5-18(10-14)25-13-21(24)23-9-8-16-12-17(6-7-19(16)23)20-11-15(2)22-26-20/h3-7,10-12H,8-9,13H2,1-2H3. The van der Waals surface area contributed by atoms with Crippen molar-refractivity contribution in [1.82, 2.24) is 5.16 Å². The smallest absolute Gasteiger partial charge is 0.264 e. The van der Waals surface area contributed by atoms with Crippen molar-refractivity contribution in [2.75, 3.05) is 18.1 Å². The normalized spacial score (nSPS) is 12.9. The molecule has 1 aliphatic rings. The first-order valence-corrected chi connectivity index (χ1v) is 8.66. The maximum absolute atomic E-state index is 12.6. The first-order valence-electron chi connectivity index (χ1n) is 8.66. The van der Waals surface area contributed by atoms with Crippen molar-refractivity contribution in [3.63, 3.8) is 0 Å². The van der Waals surface area contributed by atoms with Gasteiger partial charge in [0, 0.05) is 23.9 Å². The van der Waals surface area contributed by atoms with Crippen LogP contribution in [0.1, 0.15) is 16.8 Å². The van der Waals surface area contributed by atoms with Gasteiger partial charge in [0.25, 0.3) is 5.91 Å². The number of anilines is 1. The van der Waals surface area contributed by atoms with Gasteiger partial charge in [0.1, 0.15) is 5.75 Å². The molecule has 1 aliphatic heterocycles. The molecule has 0 saturated carbocycles. The van der Waals surface area contributed by atoms with Crippen molar-refractivity contribution in [2.24, 2.45) is 0 Å². The second kappa shape index (κ2) is 6.67. The molecule has 0 unspecified atom stereocenters. The van der Waals surface area contributed by atoms with Crippen molar-refractivity contribution < 1.29 is 14.1 Å². The molecule has 0 saturated heterocycles. The van der Waals surface area contributed by atoms with Crippen LogP contribution in [0.25, 0.3) is 11.3 Å². The Bertz CT molecular complexity index is 961. The second-order valence-corrected chi connectivity index (χ2v) is 6.58. The van der Waals surface area contributed by atoms with Crippen LogP contribution in [0.15, 0.2) is 53.1 Å². The highest BCUT2D eigenvalue weighted by atomic mass is 16.5. The van der Waals surface area contributed by atoms with Crippen LogP contribution in [0.4, 0.5) is 5.69 Å². The fourth-order valence-electron chi connectivity index (χ4n) is 3.24. The summed E-state index contributed by atoms with van der Waals surface area (Å²) in [5, 5.41) is 3.93. The van der Waals surface area contributed by atoms with Gasteiger partial charge in [-0.15, -0.1) is 0 Å². The van der Waals surface area contributed by atoms with E-state index < -0.39 is 0 Å². The highest BCUT2D eigenvalue weighted by Crippen LogP contribution is 2.32. The Hall–Kier alpha value is -3.08. The number of benzene rings is 2. The van der Waals surface area contributed by atoms with Crippen LogP contribution in [0.3, 0.4) is 0 Å². The molecular weight excluding hydrogens is 328 g/mol. The van der Waals surface area contributed by atoms with Crippen molar-refractivity contribution in [1.29, 1.82) is 0 Å². The monoisotopic (exact) mass is 348 g/mol. The number of hydrogen-bond donors (Lipinski definition) is 0. The van der Waals surface area contributed by atoms with Gasteiger partial charge in [0.15, 0.2) is 12.4 Å². The first kappa shape index (κ1) is 16.4. The van der Waals surface area contributed by atoms with E-state index in [9.17, 15) is 4.79 Å². The molecule has 26 heavy (non-hydrogen) atoms. The van der Waals surface area contributed by atoms with E-state index in [0.717, 1.165) is 40.3 Å². The molecule has 0 radical (unpaired) electrons. The molecule has 2 aromatic carbocycles. The fourth-order valence-corrected chi connectivity index (χ4v) is 3.24. The Labute approximate surface area is 152 Å². The molecule has 132 valence electrons. The lowest BCUT2D eigenvalue weighted by atomic mass is 10.1. The summed E-state index contributed by atoms with van der Waals surface area (Å²) in [7, 11) is 0. The van der Waals surface area contributed by atoms with Crippen LogP contribution in [-0.2, 0) is 11.2 Å². The largest absolute Gasteiger partial charge is 0.484 e. The highest BCUT2D eigenvalue weighted by Gasteiger charge is 2.25. The summed E-state index contributed by atoms with van der Waals surface area (Å²) in [5.41, 5.74) is 5.03. The molecule has 0 fully saturated rings.